The van der Waals surface area contributed by atoms with Crippen molar-refractivity contribution >= 4 is 0 Å². The highest BCUT2D eigenvalue weighted by molar-refractivity contribution is 5.46. The summed E-state index contributed by atoms with van der Waals surface area (Å²) in [7, 11) is 1.77. The molecule has 120 valence electrons. The van der Waals surface area contributed by atoms with Gasteiger partial charge in [-0.1, -0.05) is 19.1 Å². The third-order valence-corrected chi connectivity index (χ3v) is 3.91. The van der Waals surface area contributed by atoms with Crippen molar-refractivity contribution in [3.05, 3.63) is 28.8 Å². The number of ether oxygens (including phenoxy) is 2. The van der Waals surface area contributed by atoms with Crippen molar-refractivity contribution < 1.29 is 9.47 Å². The number of hydrogen-bond acceptors (Lipinski definition) is 3. The van der Waals surface area contributed by atoms with Gasteiger partial charge in [0.2, 0.25) is 0 Å². The zero-order valence-electron chi connectivity index (χ0n) is 14.3. The predicted octanol–water partition coefficient (Wildman–Crippen LogP) is 4.17. The van der Waals surface area contributed by atoms with Gasteiger partial charge in [0.1, 0.15) is 5.75 Å². The molecule has 0 bridgehead atoms. The molecule has 0 aliphatic carbocycles. The van der Waals surface area contributed by atoms with Gasteiger partial charge in [0.05, 0.1) is 7.11 Å². The fourth-order valence-corrected chi connectivity index (χ4v) is 2.58. The van der Waals surface area contributed by atoms with Gasteiger partial charge in [0.25, 0.3) is 0 Å². The van der Waals surface area contributed by atoms with Crippen LogP contribution in [0.1, 0.15) is 55.8 Å². The zero-order valence-corrected chi connectivity index (χ0v) is 14.3. The van der Waals surface area contributed by atoms with E-state index in [1.54, 1.807) is 7.11 Å². The van der Waals surface area contributed by atoms with Crippen molar-refractivity contribution in [3.8, 4) is 5.75 Å². The lowest BCUT2D eigenvalue weighted by atomic mass is 9.96. The van der Waals surface area contributed by atoms with Crippen LogP contribution in [0, 0.1) is 13.8 Å². The van der Waals surface area contributed by atoms with Crippen LogP contribution in [0.4, 0.5) is 0 Å². The summed E-state index contributed by atoms with van der Waals surface area (Å²) in [4.78, 5) is 0. The van der Waals surface area contributed by atoms with E-state index in [4.69, 9.17) is 9.47 Å². The van der Waals surface area contributed by atoms with Crippen LogP contribution >= 0.6 is 0 Å². The Labute approximate surface area is 130 Å². The van der Waals surface area contributed by atoms with Crippen molar-refractivity contribution in [2.45, 2.75) is 53.0 Å². The second-order valence-corrected chi connectivity index (χ2v) is 5.48. The molecule has 0 amide bonds. The summed E-state index contributed by atoms with van der Waals surface area (Å²) in [6, 6.07) is 4.73. The largest absolute Gasteiger partial charge is 0.496 e. The van der Waals surface area contributed by atoms with Gasteiger partial charge in [0.15, 0.2) is 0 Å². The smallest absolute Gasteiger partial charge is 0.126 e. The Hall–Kier alpha value is -1.06. The lowest BCUT2D eigenvalue weighted by molar-refractivity contribution is 0.140. The van der Waals surface area contributed by atoms with Gasteiger partial charge in [-0.05, 0) is 57.7 Å². The predicted molar refractivity (Wildman–Crippen MR) is 89.2 cm³/mol. The van der Waals surface area contributed by atoms with Gasteiger partial charge in [-0.15, -0.1) is 0 Å². The maximum Gasteiger partial charge on any atom is 0.126 e. The third kappa shape index (κ3) is 5.33. The van der Waals surface area contributed by atoms with Crippen LogP contribution in [0.2, 0.25) is 0 Å². The third-order valence-electron chi connectivity index (χ3n) is 3.91. The molecular weight excluding hydrogens is 262 g/mol. The molecule has 1 atom stereocenters. The Morgan fingerprint density at radius 3 is 2.57 bits per heavy atom. The maximum atomic E-state index is 5.67. The minimum Gasteiger partial charge on any atom is -0.496 e. The van der Waals surface area contributed by atoms with E-state index in [1.165, 1.54) is 16.7 Å². The molecule has 0 fully saturated rings. The van der Waals surface area contributed by atoms with Gasteiger partial charge in [-0.2, -0.15) is 0 Å². The van der Waals surface area contributed by atoms with Gasteiger partial charge in [-0.25, -0.2) is 0 Å². The van der Waals surface area contributed by atoms with Gasteiger partial charge < -0.3 is 14.8 Å². The summed E-state index contributed by atoms with van der Waals surface area (Å²) >= 11 is 0. The van der Waals surface area contributed by atoms with Crippen molar-refractivity contribution in [3.63, 3.8) is 0 Å². The average molecular weight is 293 g/mol. The minimum atomic E-state index is 0.333. The molecule has 21 heavy (non-hydrogen) atoms. The highest BCUT2D eigenvalue weighted by Crippen LogP contribution is 2.32. The van der Waals surface area contributed by atoms with Crippen LogP contribution in [-0.4, -0.2) is 26.9 Å². The molecule has 1 rings (SSSR count). The van der Waals surface area contributed by atoms with Gasteiger partial charge >= 0.3 is 0 Å². The summed E-state index contributed by atoms with van der Waals surface area (Å²) in [6.45, 7) is 11.1. The van der Waals surface area contributed by atoms with Crippen molar-refractivity contribution in [1.29, 1.82) is 0 Å². The lowest BCUT2D eigenvalue weighted by Gasteiger charge is -2.23. The van der Waals surface area contributed by atoms with Crippen LogP contribution in [-0.2, 0) is 4.74 Å². The highest BCUT2D eigenvalue weighted by Gasteiger charge is 2.17. The standard InChI is InChI=1S/C18H31NO2/c1-6-12-19-17(9-8-13-21-7-2)16-11-10-14(3)15(4)18(16)20-5/h10-11,17,19H,6-9,12-13H2,1-5H3. The van der Waals surface area contributed by atoms with E-state index in [9.17, 15) is 0 Å². The molecule has 0 saturated carbocycles. The van der Waals surface area contributed by atoms with E-state index in [2.05, 4.69) is 38.2 Å². The van der Waals surface area contributed by atoms with E-state index < -0.39 is 0 Å². The number of methoxy groups -OCH3 is 1. The molecule has 3 heteroatoms. The first-order valence-electron chi connectivity index (χ1n) is 8.10. The van der Waals surface area contributed by atoms with Crippen LogP contribution < -0.4 is 10.1 Å². The Bertz CT molecular complexity index is 418. The van der Waals surface area contributed by atoms with Crippen molar-refractivity contribution in [2.24, 2.45) is 0 Å². The highest BCUT2D eigenvalue weighted by atomic mass is 16.5. The summed E-state index contributed by atoms with van der Waals surface area (Å²) < 4.78 is 11.1. The molecule has 0 aromatic heterocycles. The number of rotatable bonds is 10. The Kier molecular flexibility index (Phi) is 8.40. The molecule has 3 nitrogen and oxygen atoms in total. The molecule has 1 aromatic rings. The quantitative estimate of drug-likeness (QED) is 0.657. The topological polar surface area (TPSA) is 30.5 Å². The molecule has 0 saturated heterocycles. The second-order valence-electron chi connectivity index (χ2n) is 5.48. The summed E-state index contributed by atoms with van der Waals surface area (Å²) in [5, 5.41) is 3.65. The first kappa shape index (κ1) is 18.0. The second kappa shape index (κ2) is 9.80. The Balaban J connectivity index is 2.88. The fraction of sp³-hybridized carbons (Fsp3) is 0.667. The van der Waals surface area contributed by atoms with E-state index in [1.807, 2.05) is 6.92 Å². The van der Waals surface area contributed by atoms with Crippen LogP contribution in [0.25, 0.3) is 0 Å². The molecule has 0 aliphatic heterocycles. The molecular formula is C18H31NO2. The number of benzene rings is 1. The van der Waals surface area contributed by atoms with Crippen LogP contribution in [0.3, 0.4) is 0 Å². The first-order valence-corrected chi connectivity index (χ1v) is 8.10. The SMILES string of the molecule is CCCNC(CCCOCC)c1ccc(C)c(C)c1OC. The number of nitrogens with one attached hydrogen (secondary N) is 1. The number of hydrogen-bond donors (Lipinski definition) is 1. The summed E-state index contributed by atoms with van der Waals surface area (Å²) in [6.07, 6.45) is 3.26. The number of aryl methyl sites for hydroxylation is 1. The average Bonchev–Trinajstić information content (AvgIpc) is 2.49. The Morgan fingerprint density at radius 1 is 1.19 bits per heavy atom. The van der Waals surface area contributed by atoms with Crippen LogP contribution in [0.5, 0.6) is 5.75 Å². The summed E-state index contributed by atoms with van der Waals surface area (Å²) in [5.41, 5.74) is 3.79. The molecule has 0 radical (unpaired) electrons. The molecule has 0 spiro atoms. The van der Waals surface area contributed by atoms with E-state index in [-0.39, 0.29) is 0 Å². The molecule has 0 heterocycles. The van der Waals surface area contributed by atoms with Gasteiger partial charge in [0, 0.05) is 24.8 Å². The molecule has 0 aliphatic rings. The first-order chi connectivity index (χ1) is 10.2. The molecule has 1 N–H and O–H groups in total. The maximum absolute atomic E-state index is 5.67. The monoisotopic (exact) mass is 293 g/mol. The lowest BCUT2D eigenvalue weighted by Crippen LogP contribution is -2.23. The van der Waals surface area contributed by atoms with Gasteiger partial charge in [-0.3, -0.25) is 0 Å². The fourth-order valence-electron chi connectivity index (χ4n) is 2.58. The summed E-state index contributed by atoms with van der Waals surface area (Å²) in [5.74, 6) is 1.03. The molecule has 1 unspecified atom stereocenters. The normalized spacial score (nSPS) is 12.4. The minimum absolute atomic E-state index is 0.333. The zero-order chi connectivity index (χ0) is 15.7. The van der Waals surface area contributed by atoms with E-state index >= 15 is 0 Å². The van der Waals surface area contributed by atoms with E-state index in [0.29, 0.717) is 6.04 Å². The van der Waals surface area contributed by atoms with E-state index in [0.717, 1.165) is 44.8 Å². The van der Waals surface area contributed by atoms with Crippen molar-refractivity contribution in [2.75, 3.05) is 26.9 Å². The van der Waals surface area contributed by atoms with Crippen molar-refractivity contribution in [1.82, 2.24) is 5.32 Å². The Morgan fingerprint density at radius 2 is 1.95 bits per heavy atom. The molecule has 1 aromatic carbocycles. The van der Waals surface area contributed by atoms with Crippen LogP contribution in [0.15, 0.2) is 12.1 Å².